The fourth-order valence-electron chi connectivity index (χ4n) is 1.45. The molecule has 19 heavy (non-hydrogen) atoms. The summed E-state index contributed by atoms with van der Waals surface area (Å²) < 4.78 is 18.6. The van der Waals surface area contributed by atoms with Gasteiger partial charge in [0.05, 0.1) is 6.61 Å². The lowest BCUT2D eigenvalue weighted by Gasteiger charge is -2.09. The predicted octanol–water partition coefficient (Wildman–Crippen LogP) is 1.86. The van der Waals surface area contributed by atoms with Crippen LogP contribution in [0.3, 0.4) is 0 Å². The molecule has 0 radical (unpaired) electrons. The summed E-state index contributed by atoms with van der Waals surface area (Å²) in [5, 5.41) is 11.5. The van der Waals surface area contributed by atoms with Crippen LogP contribution in [0.25, 0.3) is 0 Å². The lowest BCUT2D eigenvalue weighted by molar-refractivity contribution is -0.123. The first kappa shape index (κ1) is 15.4. The molecule has 0 fully saturated rings. The molecule has 0 aliphatic rings. The second-order valence-electron chi connectivity index (χ2n) is 4.74. The number of rotatable bonds is 7. The molecule has 0 saturated carbocycles. The Labute approximate surface area is 112 Å². The van der Waals surface area contributed by atoms with Crippen LogP contribution in [0.2, 0.25) is 0 Å². The molecule has 0 aliphatic carbocycles. The van der Waals surface area contributed by atoms with Crippen molar-refractivity contribution < 1.29 is 19.0 Å². The van der Waals surface area contributed by atoms with E-state index < -0.39 is 5.82 Å². The minimum Gasteiger partial charge on any atom is -0.481 e. The predicted molar refractivity (Wildman–Crippen MR) is 70.3 cm³/mol. The maximum atomic E-state index is 13.5. The summed E-state index contributed by atoms with van der Waals surface area (Å²) in [4.78, 5) is 11.4. The number of nitrogens with one attached hydrogen (secondary N) is 1. The summed E-state index contributed by atoms with van der Waals surface area (Å²) in [6.07, 6.45) is 0.894. The van der Waals surface area contributed by atoms with E-state index >= 15 is 0 Å². The standard InChI is InChI=1S/C14H20FNO3/c1-10(2)5-6-16-14(18)9-19-13-4-3-11(8-17)7-12(13)15/h3-4,7,10,17H,5-6,8-9H2,1-2H3,(H,16,18). The zero-order chi connectivity index (χ0) is 14.3. The largest absolute Gasteiger partial charge is 0.481 e. The molecule has 0 bridgehead atoms. The van der Waals surface area contributed by atoms with Crippen molar-refractivity contribution in [2.45, 2.75) is 26.9 Å². The number of halogens is 1. The van der Waals surface area contributed by atoms with Gasteiger partial charge in [0, 0.05) is 6.54 Å². The molecule has 4 nitrogen and oxygen atoms in total. The first-order valence-electron chi connectivity index (χ1n) is 6.31. The molecule has 1 aromatic carbocycles. The molecular formula is C14H20FNO3. The summed E-state index contributed by atoms with van der Waals surface area (Å²) >= 11 is 0. The average Bonchev–Trinajstić information content (AvgIpc) is 2.36. The Kier molecular flexibility index (Phi) is 6.29. The van der Waals surface area contributed by atoms with Crippen LogP contribution in [0.15, 0.2) is 18.2 Å². The van der Waals surface area contributed by atoms with Crippen LogP contribution in [0.5, 0.6) is 5.75 Å². The van der Waals surface area contributed by atoms with Gasteiger partial charge in [0.2, 0.25) is 0 Å². The monoisotopic (exact) mass is 269 g/mol. The summed E-state index contributed by atoms with van der Waals surface area (Å²) in [7, 11) is 0. The molecule has 1 rings (SSSR count). The Morgan fingerprint density at radius 2 is 2.21 bits per heavy atom. The fraction of sp³-hybridized carbons (Fsp3) is 0.500. The van der Waals surface area contributed by atoms with E-state index in [1.54, 1.807) is 6.07 Å². The van der Waals surface area contributed by atoms with Crippen molar-refractivity contribution in [2.24, 2.45) is 5.92 Å². The van der Waals surface area contributed by atoms with Gasteiger partial charge in [-0.25, -0.2) is 4.39 Å². The Balaban J connectivity index is 2.37. The highest BCUT2D eigenvalue weighted by Gasteiger charge is 2.07. The van der Waals surface area contributed by atoms with Crippen LogP contribution in [0.4, 0.5) is 4.39 Å². The van der Waals surface area contributed by atoms with Gasteiger partial charge in [-0.15, -0.1) is 0 Å². The quantitative estimate of drug-likeness (QED) is 0.794. The van der Waals surface area contributed by atoms with Gasteiger partial charge in [0.25, 0.3) is 5.91 Å². The van der Waals surface area contributed by atoms with Crippen molar-refractivity contribution in [1.82, 2.24) is 5.32 Å². The summed E-state index contributed by atoms with van der Waals surface area (Å²) in [6.45, 7) is 4.29. The zero-order valence-electron chi connectivity index (χ0n) is 11.3. The molecule has 0 spiro atoms. The van der Waals surface area contributed by atoms with Crippen LogP contribution in [0, 0.1) is 11.7 Å². The number of benzene rings is 1. The Morgan fingerprint density at radius 1 is 1.47 bits per heavy atom. The second kappa shape index (κ2) is 7.74. The second-order valence-corrected chi connectivity index (χ2v) is 4.74. The first-order chi connectivity index (χ1) is 9.02. The minimum absolute atomic E-state index is 0.0104. The summed E-state index contributed by atoms with van der Waals surface area (Å²) in [5.74, 6) is -0.325. The molecule has 0 aliphatic heterocycles. The van der Waals surface area contributed by atoms with E-state index in [-0.39, 0.29) is 24.9 Å². The lowest BCUT2D eigenvalue weighted by Crippen LogP contribution is -2.30. The molecule has 106 valence electrons. The van der Waals surface area contributed by atoms with Gasteiger partial charge in [-0.05, 0) is 30.0 Å². The van der Waals surface area contributed by atoms with Gasteiger partial charge in [0.1, 0.15) is 0 Å². The van der Waals surface area contributed by atoms with Gasteiger partial charge >= 0.3 is 0 Å². The number of aliphatic hydroxyl groups is 1. The van der Waals surface area contributed by atoms with Crippen LogP contribution >= 0.6 is 0 Å². The average molecular weight is 269 g/mol. The van der Waals surface area contributed by atoms with Gasteiger partial charge < -0.3 is 15.2 Å². The van der Waals surface area contributed by atoms with E-state index in [1.807, 2.05) is 0 Å². The number of amides is 1. The van der Waals surface area contributed by atoms with E-state index in [9.17, 15) is 9.18 Å². The van der Waals surface area contributed by atoms with Crippen molar-refractivity contribution in [2.75, 3.05) is 13.2 Å². The molecule has 5 heteroatoms. The number of carbonyl (C=O) groups is 1. The van der Waals surface area contributed by atoms with Gasteiger partial charge in [-0.2, -0.15) is 0 Å². The number of ether oxygens (including phenoxy) is 1. The van der Waals surface area contributed by atoms with E-state index in [2.05, 4.69) is 19.2 Å². The Hall–Kier alpha value is -1.62. The van der Waals surface area contributed by atoms with Crippen molar-refractivity contribution in [3.8, 4) is 5.75 Å². The molecule has 0 aromatic heterocycles. The highest BCUT2D eigenvalue weighted by molar-refractivity contribution is 5.77. The third-order valence-corrected chi connectivity index (χ3v) is 2.58. The third-order valence-electron chi connectivity index (χ3n) is 2.58. The lowest BCUT2D eigenvalue weighted by atomic mass is 10.1. The molecule has 0 unspecified atom stereocenters. The van der Waals surface area contributed by atoms with Gasteiger partial charge in [-0.3, -0.25) is 4.79 Å². The molecule has 0 saturated heterocycles. The van der Waals surface area contributed by atoms with Crippen molar-refractivity contribution in [3.63, 3.8) is 0 Å². The van der Waals surface area contributed by atoms with Crippen LogP contribution < -0.4 is 10.1 Å². The Morgan fingerprint density at radius 3 is 2.79 bits per heavy atom. The third kappa shape index (κ3) is 5.70. The highest BCUT2D eigenvalue weighted by Crippen LogP contribution is 2.18. The molecule has 0 atom stereocenters. The number of hydrogen-bond donors (Lipinski definition) is 2. The van der Waals surface area contributed by atoms with E-state index in [0.29, 0.717) is 18.0 Å². The molecule has 2 N–H and O–H groups in total. The SMILES string of the molecule is CC(C)CCNC(=O)COc1ccc(CO)cc1F. The molecule has 1 aromatic rings. The first-order valence-corrected chi connectivity index (χ1v) is 6.31. The maximum absolute atomic E-state index is 13.5. The summed E-state index contributed by atoms with van der Waals surface area (Å²) in [5.41, 5.74) is 0.464. The van der Waals surface area contributed by atoms with E-state index in [1.165, 1.54) is 12.1 Å². The van der Waals surface area contributed by atoms with Crippen LogP contribution in [-0.4, -0.2) is 24.2 Å². The van der Waals surface area contributed by atoms with Gasteiger partial charge in [-0.1, -0.05) is 19.9 Å². The number of hydrogen-bond acceptors (Lipinski definition) is 3. The zero-order valence-corrected chi connectivity index (χ0v) is 11.3. The molecule has 0 heterocycles. The Bertz CT molecular complexity index is 421. The number of aliphatic hydroxyl groups excluding tert-OH is 1. The summed E-state index contributed by atoms with van der Waals surface area (Å²) in [6, 6.07) is 4.14. The van der Waals surface area contributed by atoms with Gasteiger partial charge in [0.15, 0.2) is 18.2 Å². The minimum atomic E-state index is -0.582. The van der Waals surface area contributed by atoms with E-state index in [4.69, 9.17) is 9.84 Å². The maximum Gasteiger partial charge on any atom is 0.257 e. The normalized spacial score (nSPS) is 10.6. The van der Waals surface area contributed by atoms with Crippen molar-refractivity contribution in [1.29, 1.82) is 0 Å². The topological polar surface area (TPSA) is 58.6 Å². The van der Waals surface area contributed by atoms with Crippen LogP contribution in [0.1, 0.15) is 25.8 Å². The fourth-order valence-corrected chi connectivity index (χ4v) is 1.45. The van der Waals surface area contributed by atoms with Crippen molar-refractivity contribution >= 4 is 5.91 Å². The number of carbonyl (C=O) groups excluding carboxylic acids is 1. The van der Waals surface area contributed by atoms with Crippen LogP contribution in [-0.2, 0) is 11.4 Å². The highest BCUT2D eigenvalue weighted by atomic mass is 19.1. The molecule has 1 amide bonds. The van der Waals surface area contributed by atoms with Crippen molar-refractivity contribution in [3.05, 3.63) is 29.6 Å². The van der Waals surface area contributed by atoms with E-state index in [0.717, 1.165) is 6.42 Å². The molecular weight excluding hydrogens is 249 g/mol. The smallest absolute Gasteiger partial charge is 0.257 e.